The van der Waals surface area contributed by atoms with Crippen LogP contribution in [0.15, 0.2) is 24.3 Å². The van der Waals surface area contributed by atoms with Crippen LogP contribution < -0.4 is 38.5 Å². The van der Waals surface area contributed by atoms with Gasteiger partial charge in [0, 0.05) is 80.6 Å². The number of hydrogen-bond acceptors (Lipinski definition) is 12. The summed E-state index contributed by atoms with van der Waals surface area (Å²) in [6.07, 6.45) is 0. The van der Waals surface area contributed by atoms with Crippen LogP contribution in [0.2, 0.25) is 0 Å². The van der Waals surface area contributed by atoms with Crippen molar-refractivity contribution >= 4 is 22.7 Å². The number of anilines is 4. The van der Waals surface area contributed by atoms with E-state index in [1.165, 1.54) is 0 Å². The van der Waals surface area contributed by atoms with Gasteiger partial charge in [0.2, 0.25) is 0 Å². The van der Waals surface area contributed by atoms with E-state index < -0.39 is 0 Å². The van der Waals surface area contributed by atoms with Crippen LogP contribution in [0.1, 0.15) is 0 Å². The largest absolute Gasteiger partial charge is 0.487 e. The second kappa shape index (κ2) is 18.5. The molecule has 12 heteroatoms. The molecule has 0 unspecified atom stereocenters. The van der Waals surface area contributed by atoms with Gasteiger partial charge in [-0.1, -0.05) is 0 Å². The van der Waals surface area contributed by atoms with E-state index in [1.54, 1.807) is 0 Å². The predicted molar refractivity (Wildman–Crippen MR) is 175 cm³/mol. The lowest BCUT2D eigenvalue weighted by atomic mass is 10.2. The number of nitrogens with zero attached hydrogens (tertiary/aromatic N) is 4. The Labute approximate surface area is 263 Å². The minimum atomic E-state index is 0.376. The van der Waals surface area contributed by atoms with Gasteiger partial charge in [0.05, 0.1) is 75.6 Å². The number of rotatable bonds is 4. The molecule has 0 saturated heterocycles. The zero-order valence-electron chi connectivity index (χ0n) is 27.8. The van der Waals surface area contributed by atoms with Crippen LogP contribution in [0.4, 0.5) is 22.7 Å². The molecule has 0 spiro atoms. The first-order valence-electron chi connectivity index (χ1n) is 15.1. The summed E-state index contributed by atoms with van der Waals surface area (Å²) in [6, 6.07) is 7.98. The average Bonchev–Trinajstić information content (AvgIpc) is 2.98. The molecule has 0 saturated carbocycles. The molecule has 2 aromatic carbocycles. The first-order chi connectivity index (χ1) is 21.2. The van der Waals surface area contributed by atoms with E-state index in [9.17, 15) is 0 Å². The predicted octanol–water partition coefficient (Wildman–Crippen LogP) is 3.25. The lowest BCUT2D eigenvalue weighted by molar-refractivity contribution is 0.0223. The summed E-state index contributed by atoms with van der Waals surface area (Å²) in [6.45, 7) is 4.97. The molecule has 0 N–H and O–H groups in total. The van der Waals surface area contributed by atoms with E-state index in [0.29, 0.717) is 102 Å². The molecule has 248 valence electrons. The molecule has 0 aliphatic carbocycles. The Morgan fingerprint density at radius 1 is 0.318 bits per heavy atom. The van der Waals surface area contributed by atoms with E-state index in [2.05, 4.69) is 19.6 Å². The van der Waals surface area contributed by atoms with Crippen molar-refractivity contribution in [2.75, 3.05) is 155 Å². The zero-order valence-corrected chi connectivity index (χ0v) is 27.8. The number of hydrogen-bond donors (Lipinski definition) is 0. The van der Waals surface area contributed by atoms with Crippen LogP contribution >= 0.6 is 0 Å². The van der Waals surface area contributed by atoms with Crippen molar-refractivity contribution in [3.63, 3.8) is 0 Å². The Morgan fingerprint density at radius 3 is 0.682 bits per heavy atom. The third-order valence-corrected chi connectivity index (χ3v) is 6.69. The molecule has 44 heavy (non-hydrogen) atoms. The molecule has 1 aliphatic heterocycles. The topological polar surface area (TPSA) is 86.8 Å². The lowest BCUT2D eigenvalue weighted by Crippen LogP contribution is -2.19. The summed E-state index contributed by atoms with van der Waals surface area (Å²) in [4.78, 5) is 8.21. The molecule has 0 amide bonds. The fraction of sp³-hybridized carbons (Fsp3) is 0.625. The molecule has 1 aliphatic rings. The van der Waals surface area contributed by atoms with Crippen LogP contribution in [0.25, 0.3) is 0 Å². The van der Waals surface area contributed by atoms with E-state index in [4.69, 9.17) is 37.9 Å². The zero-order chi connectivity index (χ0) is 31.9. The highest BCUT2D eigenvalue weighted by Crippen LogP contribution is 2.40. The van der Waals surface area contributed by atoms with Gasteiger partial charge in [-0.3, -0.25) is 0 Å². The van der Waals surface area contributed by atoms with Gasteiger partial charge in [0.25, 0.3) is 0 Å². The van der Waals surface area contributed by atoms with Crippen molar-refractivity contribution in [1.29, 1.82) is 0 Å². The minimum absolute atomic E-state index is 0.376. The first-order valence-corrected chi connectivity index (χ1v) is 15.1. The fourth-order valence-corrected chi connectivity index (χ4v) is 4.45. The Bertz CT molecular complexity index is 956. The smallest absolute Gasteiger partial charge is 0.163 e. The van der Waals surface area contributed by atoms with Gasteiger partial charge < -0.3 is 57.5 Å². The highest BCUT2D eigenvalue weighted by Gasteiger charge is 2.17. The molecule has 0 bridgehead atoms. The number of benzene rings is 2. The van der Waals surface area contributed by atoms with E-state index in [0.717, 1.165) is 22.7 Å². The van der Waals surface area contributed by atoms with Crippen LogP contribution in [0, 0.1) is 0 Å². The molecule has 3 rings (SSSR count). The SMILES string of the molecule is CN(C)c1cc2c(cc1N(C)C)OCCOCCOCCOc1cc(N(C)C)c(N(C)C)cc1OCCOCCOCCO2. The number of ether oxygens (including phenoxy) is 8. The second-order valence-electron chi connectivity index (χ2n) is 11.0. The molecule has 1 heterocycles. The molecule has 12 nitrogen and oxygen atoms in total. The van der Waals surface area contributed by atoms with Crippen molar-refractivity contribution in [3.05, 3.63) is 24.3 Å². The molecular formula is C32H52N4O8. The van der Waals surface area contributed by atoms with Gasteiger partial charge in [0.15, 0.2) is 23.0 Å². The van der Waals surface area contributed by atoms with Crippen LogP contribution in [-0.4, -0.2) is 136 Å². The monoisotopic (exact) mass is 620 g/mol. The van der Waals surface area contributed by atoms with Crippen LogP contribution in [0.5, 0.6) is 23.0 Å². The Balaban J connectivity index is 1.64. The average molecular weight is 621 g/mol. The molecular weight excluding hydrogens is 568 g/mol. The maximum atomic E-state index is 6.10. The minimum Gasteiger partial charge on any atom is -0.487 e. The molecule has 0 fully saturated rings. The lowest BCUT2D eigenvalue weighted by Gasteiger charge is -2.25. The fourth-order valence-electron chi connectivity index (χ4n) is 4.45. The van der Waals surface area contributed by atoms with Crippen molar-refractivity contribution in [1.82, 2.24) is 0 Å². The highest BCUT2D eigenvalue weighted by molar-refractivity contribution is 5.76. The van der Waals surface area contributed by atoms with Gasteiger partial charge in [-0.05, 0) is 0 Å². The van der Waals surface area contributed by atoms with Gasteiger partial charge in [0.1, 0.15) is 26.4 Å². The Kier molecular flexibility index (Phi) is 14.8. The van der Waals surface area contributed by atoms with Gasteiger partial charge >= 0.3 is 0 Å². The van der Waals surface area contributed by atoms with E-state index >= 15 is 0 Å². The summed E-state index contributed by atoms with van der Waals surface area (Å²) < 4.78 is 47.4. The summed E-state index contributed by atoms with van der Waals surface area (Å²) in [5, 5.41) is 0. The third-order valence-electron chi connectivity index (χ3n) is 6.69. The van der Waals surface area contributed by atoms with Gasteiger partial charge in [-0.2, -0.15) is 0 Å². The normalized spacial score (nSPS) is 16.4. The van der Waals surface area contributed by atoms with Crippen molar-refractivity contribution in [2.24, 2.45) is 0 Å². The van der Waals surface area contributed by atoms with Gasteiger partial charge in [-0.15, -0.1) is 0 Å². The Hall–Kier alpha value is -3.32. The van der Waals surface area contributed by atoms with E-state index in [1.807, 2.05) is 80.6 Å². The highest BCUT2D eigenvalue weighted by atomic mass is 16.6. The first kappa shape index (κ1) is 35.2. The Morgan fingerprint density at radius 2 is 0.500 bits per heavy atom. The summed E-state index contributed by atoms with van der Waals surface area (Å²) in [5.74, 6) is 2.63. The third kappa shape index (κ3) is 11.0. The van der Waals surface area contributed by atoms with Crippen molar-refractivity contribution in [3.8, 4) is 23.0 Å². The molecule has 0 radical (unpaired) electrons. The summed E-state index contributed by atoms with van der Waals surface area (Å²) >= 11 is 0. The number of fused-ring (bicyclic) bond motifs is 2. The van der Waals surface area contributed by atoms with Crippen LogP contribution in [0.3, 0.4) is 0 Å². The van der Waals surface area contributed by atoms with E-state index in [-0.39, 0.29) is 0 Å². The summed E-state index contributed by atoms with van der Waals surface area (Å²) in [7, 11) is 16.1. The van der Waals surface area contributed by atoms with Crippen molar-refractivity contribution < 1.29 is 37.9 Å². The standard InChI is InChI=1S/C32H52N4O8/c1-33(2)25-21-29-30(22-26(25)34(3)4)42-18-14-38-11-12-40-16-20-44-32-24-28(36(7)8)27(35(5)6)23-31(32)43-19-15-39-10-9-37-13-17-41-29/h21-24H,9-20H2,1-8H3. The maximum absolute atomic E-state index is 6.10. The molecule has 0 atom stereocenters. The molecule has 0 aromatic heterocycles. The quantitative estimate of drug-likeness (QED) is 0.503. The van der Waals surface area contributed by atoms with Gasteiger partial charge in [-0.25, -0.2) is 0 Å². The van der Waals surface area contributed by atoms with Crippen LogP contribution in [-0.2, 0) is 18.9 Å². The second-order valence-corrected chi connectivity index (χ2v) is 11.0. The summed E-state index contributed by atoms with van der Waals surface area (Å²) in [5.41, 5.74) is 4.10. The van der Waals surface area contributed by atoms with Crippen molar-refractivity contribution in [2.45, 2.75) is 0 Å². The molecule has 2 aromatic rings. The maximum Gasteiger partial charge on any atom is 0.163 e.